The van der Waals surface area contributed by atoms with E-state index in [-0.39, 0.29) is 17.9 Å². The topological polar surface area (TPSA) is 49.4 Å². The average molecular weight is 322 g/mol. The molecule has 0 saturated heterocycles. The molecule has 0 aliphatic heterocycles. The Morgan fingerprint density at radius 3 is 2.21 bits per heavy atom. The van der Waals surface area contributed by atoms with Crippen molar-refractivity contribution in [1.82, 2.24) is 4.90 Å². The fraction of sp³-hybridized carbons (Fsp3) is 0.300. The van der Waals surface area contributed by atoms with Crippen molar-refractivity contribution < 1.29 is 9.59 Å². The van der Waals surface area contributed by atoms with Crippen LogP contribution in [0.25, 0.3) is 0 Å². The fourth-order valence-corrected chi connectivity index (χ4v) is 2.77. The van der Waals surface area contributed by atoms with Crippen LogP contribution in [0.4, 0.5) is 5.69 Å². The van der Waals surface area contributed by atoms with Gasteiger partial charge in [0.1, 0.15) is 0 Å². The van der Waals surface area contributed by atoms with Crippen molar-refractivity contribution in [3.63, 3.8) is 0 Å². The predicted molar refractivity (Wildman–Crippen MR) is 95.1 cm³/mol. The van der Waals surface area contributed by atoms with Crippen LogP contribution in [0.15, 0.2) is 54.6 Å². The van der Waals surface area contributed by atoms with E-state index >= 15 is 0 Å². The maximum Gasteiger partial charge on any atom is 0.255 e. The molecule has 0 bridgehead atoms. The number of nitrogens with one attached hydrogen (secondary N) is 1. The Morgan fingerprint density at radius 1 is 1.00 bits per heavy atom. The molecule has 0 aromatic heterocycles. The molecule has 1 saturated carbocycles. The molecule has 1 N–H and O–H groups in total. The van der Waals surface area contributed by atoms with Gasteiger partial charge >= 0.3 is 0 Å². The lowest BCUT2D eigenvalue weighted by molar-refractivity contribution is 0.0727. The number of rotatable bonds is 5. The summed E-state index contributed by atoms with van der Waals surface area (Å²) in [5.74, 6) is 0.507. The van der Waals surface area contributed by atoms with Crippen LogP contribution in [0.2, 0.25) is 0 Å². The van der Waals surface area contributed by atoms with Gasteiger partial charge in [0.2, 0.25) is 0 Å². The largest absolute Gasteiger partial charge is 0.339 e. The van der Waals surface area contributed by atoms with Gasteiger partial charge in [0, 0.05) is 29.9 Å². The quantitative estimate of drug-likeness (QED) is 0.910. The number of nitrogens with zero attached hydrogens (tertiary/aromatic N) is 1. The van der Waals surface area contributed by atoms with Gasteiger partial charge in [0.15, 0.2) is 0 Å². The van der Waals surface area contributed by atoms with Gasteiger partial charge < -0.3 is 10.2 Å². The standard InChI is InChI=1S/C20H22N2O2/c1-14(15-8-9-15)22(2)20(24)17-10-12-18(13-11-17)21-19(23)16-6-4-3-5-7-16/h3-7,10-15H,8-9H2,1-2H3,(H,21,23). The van der Waals surface area contributed by atoms with Gasteiger partial charge in [-0.05, 0) is 62.1 Å². The molecule has 1 fully saturated rings. The van der Waals surface area contributed by atoms with E-state index in [9.17, 15) is 9.59 Å². The summed E-state index contributed by atoms with van der Waals surface area (Å²) in [6.45, 7) is 2.10. The van der Waals surface area contributed by atoms with E-state index in [1.807, 2.05) is 30.1 Å². The smallest absolute Gasteiger partial charge is 0.255 e. The number of carbonyl (C=O) groups is 2. The van der Waals surface area contributed by atoms with Crippen molar-refractivity contribution >= 4 is 17.5 Å². The molecular weight excluding hydrogens is 300 g/mol. The summed E-state index contributed by atoms with van der Waals surface area (Å²) >= 11 is 0. The van der Waals surface area contributed by atoms with E-state index in [0.29, 0.717) is 22.7 Å². The van der Waals surface area contributed by atoms with Crippen molar-refractivity contribution in [3.05, 3.63) is 65.7 Å². The minimum atomic E-state index is -0.158. The zero-order valence-corrected chi connectivity index (χ0v) is 14.0. The summed E-state index contributed by atoms with van der Waals surface area (Å²) in [6.07, 6.45) is 2.42. The van der Waals surface area contributed by atoms with Gasteiger partial charge in [0.05, 0.1) is 0 Å². The maximum absolute atomic E-state index is 12.5. The third-order valence-corrected chi connectivity index (χ3v) is 4.66. The minimum Gasteiger partial charge on any atom is -0.339 e. The molecule has 1 aliphatic rings. The van der Waals surface area contributed by atoms with Crippen LogP contribution in [0, 0.1) is 5.92 Å². The van der Waals surface area contributed by atoms with E-state index in [4.69, 9.17) is 0 Å². The van der Waals surface area contributed by atoms with Gasteiger partial charge in [0.25, 0.3) is 11.8 Å². The first kappa shape index (κ1) is 16.2. The fourth-order valence-electron chi connectivity index (χ4n) is 2.77. The first-order valence-electron chi connectivity index (χ1n) is 8.30. The zero-order chi connectivity index (χ0) is 17.1. The van der Waals surface area contributed by atoms with Crippen LogP contribution in [-0.4, -0.2) is 29.8 Å². The van der Waals surface area contributed by atoms with Crippen molar-refractivity contribution in [2.24, 2.45) is 5.92 Å². The molecule has 4 heteroatoms. The Balaban J connectivity index is 1.64. The van der Waals surface area contributed by atoms with Crippen molar-refractivity contribution in [2.45, 2.75) is 25.8 Å². The molecule has 2 aromatic rings. The number of hydrogen-bond donors (Lipinski definition) is 1. The van der Waals surface area contributed by atoms with E-state index in [0.717, 1.165) is 0 Å². The summed E-state index contributed by atoms with van der Waals surface area (Å²) < 4.78 is 0. The lowest BCUT2D eigenvalue weighted by Crippen LogP contribution is -2.36. The third-order valence-electron chi connectivity index (χ3n) is 4.66. The number of anilines is 1. The third kappa shape index (κ3) is 3.65. The molecule has 0 heterocycles. The van der Waals surface area contributed by atoms with Crippen LogP contribution in [-0.2, 0) is 0 Å². The van der Waals surface area contributed by atoms with Crippen LogP contribution in [0.1, 0.15) is 40.5 Å². The molecule has 2 amide bonds. The van der Waals surface area contributed by atoms with E-state index < -0.39 is 0 Å². The Hall–Kier alpha value is -2.62. The van der Waals surface area contributed by atoms with Crippen LogP contribution in [0.3, 0.4) is 0 Å². The van der Waals surface area contributed by atoms with E-state index in [2.05, 4.69) is 12.2 Å². The Kier molecular flexibility index (Phi) is 4.65. The SMILES string of the molecule is CC(C1CC1)N(C)C(=O)c1ccc(NC(=O)c2ccccc2)cc1. The first-order chi connectivity index (χ1) is 11.6. The second kappa shape index (κ2) is 6.87. The van der Waals surface area contributed by atoms with Crippen LogP contribution >= 0.6 is 0 Å². The highest BCUT2D eigenvalue weighted by Gasteiger charge is 2.32. The van der Waals surface area contributed by atoms with Crippen molar-refractivity contribution in [1.29, 1.82) is 0 Å². The highest BCUT2D eigenvalue weighted by Crippen LogP contribution is 2.35. The Morgan fingerprint density at radius 2 is 1.62 bits per heavy atom. The predicted octanol–water partition coefficient (Wildman–Crippen LogP) is 3.81. The molecule has 0 spiro atoms. The number of amides is 2. The second-order valence-electron chi connectivity index (χ2n) is 6.39. The molecule has 24 heavy (non-hydrogen) atoms. The first-order valence-corrected chi connectivity index (χ1v) is 8.30. The van der Waals surface area contributed by atoms with E-state index in [1.54, 1.807) is 36.4 Å². The Bertz CT molecular complexity index is 721. The average Bonchev–Trinajstić information content (AvgIpc) is 3.46. The summed E-state index contributed by atoms with van der Waals surface area (Å²) in [5, 5.41) is 2.84. The highest BCUT2D eigenvalue weighted by molar-refractivity contribution is 6.04. The number of benzene rings is 2. The van der Waals surface area contributed by atoms with Crippen LogP contribution < -0.4 is 5.32 Å². The summed E-state index contributed by atoms with van der Waals surface area (Å²) in [7, 11) is 1.86. The summed E-state index contributed by atoms with van der Waals surface area (Å²) in [5.41, 5.74) is 1.93. The monoisotopic (exact) mass is 322 g/mol. The second-order valence-corrected chi connectivity index (χ2v) is 6.39. The normalized spacial score (nSPS) is 14.8. The number of hydrogen-bond acceptors (Lipinski definition) is 2. The van der Waals surface area contributed by atoms with Gasteiger partial charge in [-0.15, -0.1) is 0 Å². The van der Waals surface area contributed by atoms with Crippen molar-refractivity contribution in [2.75, 3.05) is 12.4 Å². The molecule has 3 rings (SSSR count). The molecule has 124 valence electrons. The van der Waals surface area contributed by atoms with Gasteiger partial charge in [-0.1, -0.05) is 18.2 Å². The Labute approximate surface area is 142 Å². The molecule has 2 aromatic carbocycles. The zero-order valence-electron chi connectivity index (χ0n) is 14.0. The molecule has 1 atom stereocenters. The molecule has 0 radical (unpaired) electrons. The lowest BCUT2D eigenvalue weighted by atomic mass is 10.1. The lowest BCUT2D eigenvalue weighted by Gasteiger charge is -2.25. The van der Waals surface area contributed by atoms with Gasteiger partial charge in [-0.2, -0.15) is 0 Å². The van der Waals surface area contributed by atoms with Crippen LogP contribution in [0.5, 0.6) is 0 Å². The summed E-state index contributed by atoms with van der Waals surface area (Å²) in [6, 6.07) is 16.4. The molecule has 1 unspecified atom stereocenters. The number of carbonyl (C=O) groups excluding carboxylic acids is 2. The highest BCUT2D eigenvalue weighted by atomic mass is 16.2. The summed E-state index contributed by atoms with van der Waals surface area (Å²) in [4.78, 5) is 26.5. The maximum atomic E-state index is 12.5. The van der Waals surface area contributed by atoms with Gasteiger partial charge in [-0.3, -0.25) is 9.59 Å². The molecule has 1 aliphatic carbocycles. The molecule has 4 nitrogen and oxygen atoms in total. The van der Waals surface area contributed by atoms with E-state index in [1.165, 1.54) is 12.8 Å². The van der Waals surface area contributed by atoms with Gasteiger partial charge in [-0.25, -0.2) is 0 Å². The van der Waals surface area contributed by atoms with Crippen molar-refractivity contribution in [3.8, 4) is 0 Å². The molecular formula is C20H22N2O2. The minimum absolute atomic E-state index is 0.0235.